The fourth-order valence-corrected chi connectivity index (χ4v) is 2.43. The molecule has 0 aliphatic carbocycles. The van der Waals surface area contributed by atoms with Crippen molar-refractivity contribution in [1.29, 1.82) is 0 Å². The number of aromatic nitrogens is 3. The molecule has 0 saturated carbocycles. The summed E-state index contributed by atoms with van der Waals surface area (Å²) < 4.78 is 5.07. The van der Waals surface area contributed by atoms with Gasteiger partial charge in [0.15, 0.2) is 0 Å². The van der Waals surface area contributed by atoms with Crippen molar-refractivity contribution in [2.24, 2.45) is 4.99 Å². The van der Waals surface area contributed by atoms with Crippen LogP contribution in [0.4, 0.5) is 5.82 Å². The molecule has 9 nitrogen and oxygen atoms in total. The first-order valence-corrected chi connectivity index (χ1v) is 7.85. The van der Waals surface area contributed by atoms with Gasteiger partial charge in [0, 0.05) is 6.54 Å². The summed E-state index contributed by atoms with van der Waals surface area (Å²) in [6.45, 7) is 0.277. The molecule has 0 aliphatic rings. The molecule has 0 aliphatic heterocycles. The molecule has 0 amide bonds. The van der Waals surface area contributed by atoms with Gasteiger partial charge in [-0.3, -0.25) is 4.99 Å². The Labute approximate surface area is 148 Å². The highest BCUT2D eigenvalue weighted by atomic mass is 16.6. The highest BCUT2D eigenvalue weighted by Gasteiger charge is 2.23. The molecule has 1 heterocycles. The van der Waals surface area contributed by atoms with Crippen molar-refractivity contribution >= 4 is 5.82 Å². The molecule has 0 spiro atoms. The lowest BCUT2D eigenvalue weighted by molar-refractivity contribution is -0.391. The topological polar surface area (TPSA) is 108 Å². The normalized spacial score (nSPS) is 11.5. The van der Waals surface area contributed by atoms with Crippen molar-refractivity contribution < 1.29 is 14.9 Å². The highest BCUT2D eigenvalue weighted by molar-refractivity contribution is 5.36. The Morgan fingerprint density at radius 1 is 1.19 bits per heavy atom. The largest absolute Gasteiger partial charge is 0.497 e. The summed E-state index contributed by atoms with van der Waals surface area (Å²) in [6.07, 6.45) is 0.589. The maximum atomic E-state index is 11.3. The SMILES string of the molecule is COc1ccc(-n2nc([N+](=O)[O-])c(=NCCc3ccccc3)n2O)cc1. The molecule has 0 atom stereocenters. The van der Waals surface area contributed by atoms with Crippen molar-refractivity contribution in [3.05, 3.63) is 75.8 Å². The fourth-order valence-electron chi connectivity index (χ4n) is 2.43. The van der Waals surface area contributed by atoms with Crippen molar-refractivity contribution in [2.75, 3.05) is 13.7 Å². The lowest BCUT2D eigenvalue weighted by Crippen LogP contribution is -2.23. The highest BCUT2D eigenvalue weighted by Crippen LogP contribution is 2.14. The number of benzene rings is 2. The molecule has 0 radical (unpaired) electrons. The summed E-state index contributed by atoms with van der Waals surface area (Å²) in [7, 11) is 1.53. The third-order valence-corrected chi connectivity index (χ3v) is 3.74. The van der Waals surface area contributed by atoms with Gasteiger partial charge < -0.3 is 20.1 Å². The van der Waals surface area contributed by atoms with E-state index in [2.05, 4.69) is 10.1 Å². The van der Waals surface area contributed by atoms with Gasteiger partial charge in [-0.1, -0.05) is 35.2 Å². The zero-order valence-electron chi connectivity index (χ0n) is 14.0. The number of methoxy groups -OCH3 is 1. The van der Waals surface area contributed by atoms with E-state index >= 15 is 0 Å². The molecule has 0 saturated heterocycles. The molecule has 3 aromatic rings. The second-order valence-corrected chi connectivity index (χ2v) is 5.40. The van der Waals surface area contributed by atoms with Gasteiger partial charge >= 0.3 is 5.82 Å². The Balaban J connectivity index is 1.94. The predicted molar refractivity (Wildman–Crippen MR) is 92.5 cm³/mol. The maximum Gasteiger partial charge on any atom is 0.438 e. The zero-order valence-corrected chi connectivity index (χ0v) is 14.0. The van der Waals surface area contributed by atoms with Gasteiger partial charge in [-0.25, -0.2) is 0 Å². The average Bonchev–Trinajstić information content (AvgIpc) is 3.00. The number of nitrogens with zero attached hydrogens (tertiary/aromatic N) is 5. The Morgan fingerprint density at radius 2 is 1.88 bits per heavy atom. The van der Waals surface area contributed by atoms with Crippen LogP contribution in [0.15, 0.2) is 59.6 Å². The predicted octanol–water partition coefficient (Wildman–Crippen LogP) is 1.97. The first-order valence-electron chi connectivity index (χ1n) is 7.85. The minimum absolute atomic E-state index is 0.207. The molecular formula is C17H17N5O4. The summed E-state index contributed by atoms with van der Waals surface area (Å²) in [6, 6.07) is 16.2. The molecule has 0 unspecified atom stereocenters. The zero-order chi connectivity index (χ0) is 18.5. The summed E-state index contributed by atoms with van der Waals surface area (Å²) >= 11 is 0. The number of rotatable bonds is 6. The third-order valence-electron chi connectivity index (χ3n) is 3.74. The molecule has 2 aromatic carbocycles. The molecule has 1 aromatic heterocycles. The van der Waals surface area contributed by atoms with E-state index < -0.39 is 10.7 Å². The average molecular weight is 355 g/mol. The van der Waals surface area contributed by atoms with E-state index in [1.54, 1.807) is 24.3 Å². The van der Waals surface area contributed by atoms with Gasteiger partial charge in [0.2, 0.25) is 0 Å². The Kier molecular flexibility index (Phi) is 4.97. The van der Waals surface area contributed by atoms with Crippen LogP contribution in [0.5, 0.6) is 5.75 Å². The van der Waals surface area contributed by atoms with Crippen LogP contribution >= 0.6 is 0 Å². The van der Waals surface area contributed by atoms with Crippen molar-refractivity contribution in [1.82, 2.24) is 14.7 Å². The minimum Gasteiger partial charge on any atom is -0.497 e. The summed E-state index contributed by atoms with van der Waals surface area (Å²) in [5.41, 5.74) is 1.27. The second-order valence-electron chi connectivity index (χ2n) is 5.40. The van der Waals surface area contributed by atoms with Gasteiger partial charge in [-0.2, -0.15) is 0 Å². The van der Waals surface area contributed by atoms with E-state index in [0.29, 0.717) is 22.7 Å². The van der Waals surface area contributed by atoms with Crippen LogP contribution in [0.3, 0.4) is 0 Å². The number of hydrogen-bond donors (Lipinski definition) is 1. The molecule has 0 bridgehead atoms. The standard InChI is InChI=1S/C17H17N5O4/c1-26-15-9-7-14(8-10-15)20-19-17(22(24)25)16(21(20)23)18-12-11-13-5-3-2-4-6-13/h2-10,23H,11-12H2,1H3. The monoisotopic (exact) mass is 355 g/mol. The number of nitro groups is 1. The summed E-state index contributed by atoms with van der Waals surface area (Å²) in [5.74, 6) is 0.101. The van der Waals surface area contributed by atoms with E-state index in [1.165, 1.54) is 7.11 Å². The van der Waals surface area contributed by atoms with Crippen LogP contribution in [0.2, 0.25) is 0 Å². The van der Waals surface area contributed by atoms with Crippen molar-refractivity contribution in [3.63, 3.8) is 0 Å². The van der Waals surface area contributed by atoms with Gasteiger partial charge in [0.05, 0.1) is 12.2 Å². The molecular weight excluding hydrogens is 338 g/mol. The van der Waals surface area contributed by atoms with Crippen molar-refractivity contribution in [2.45, 2.75) is 6.42 Å². The van der Waals surface area contributed by atoms with Crippen LogP contribution in [0.1, 0.15) is 5.56 Å². The maximum absolute atomic E-state index is 11.3. The smallest absolute Gasteiger partial charge is 0.438 e. The number of ether oxygens (including phenoxy) is 1. The van der Waals surface area contributed by atoms with Crippen LogP contribution in [-0.4, -0.2) is 38.5 Å². The second kappa shape index (κ2) is 7.51. The van der Waals surface area contributed by atoms with Gasteiger partial charge in [-0.15, -0.1) is 0 Å². The Morgan fingerprint density at radius 3 is 2.50 bits per heavy atom. The molecule has 3 rings (SSSR count). The molecule has 134 valence electrons. The summed E-state index contributed by atoms with van der Waals surface area (Å²) in [4.78, 5) is 16.4. The summed E-state index contributed by atoms with van der Waals surface area (Å²) in [5, 5.41) is 25.5. The quantitative estimate of drug-likeness (QED) is 0.413. The van der Waals surface area contributed by atoms with Gasteiger partial charge in [0.25, 0.3) is 5.49 Å². The molecule has 9 heteroatoms. The van der Waals surface area contributed by atoms with Crippen LogP contribution in [-0.2, 0) is 6.42 Å². The van der Waals surface area contributed by atoms with E-state index in [0.717, 1.165) is 10.4 Å². The van der Waals surface area contributed by atoms with Crippen molar-refractivity contribution in [3.8, 4) is 11.4 Å². The van der Waals surface area contributed by atoms with Gasteiger partial charge in [-0.05, 0) is 46.0 Å². The lowest BCUT2D eigenvalue weighted by Gasteiger charge is -2.02. The first-order chi connectivity index (χ1) is 12.6. The molecule has 0 fully saturated rings. The number of hydrogen-bond acceptors (Lipinski definition) is 6. The van der Waals surface area contributed by atoms with E-state index in [-0.39, 0.29) is 12.0 Å². The van der Waals surface area contributed by atoms with Crippen LogP contribution in [0.25, 0.3) is 5.69 Å². The Bertz CT molecular complexity index is 961. The minimum atomic E-state index is -0.673. The molecule has 1 N–H and O–H groups in total. The molecule has 26 heavy (non-hydrogen) atoms. The van der Waals surface area contributed by atoms with E-state index in [9.17, 15) is 15.3 Å². The third kappa shape index (κ3) is 3.56. The van der Waals surface area contributed by atoms with E-state index in [4.69, 9.17) is 4.74 Å². The fraction of sp³-hybridized carbons (Fsp3) is 0.176. The first kappa shape index (κ1) is 17.2. The van der Waals surface area contributed by atoms with Crippen LogP contribution in [0, 0.1) is 10.1 Å². The Hall–Kier alpha value is -3.62. The van der Waals surface area contributed by atoms with E-state index in [1.807, 2.05) is 30.3 Å². The van der Waals surface area contributed by atoms with Gasteiger partial charge in [0.1, 0.15) is 11.4 Å². The van der Waals surface area contributed by atoms with Crippen LogP contribution < -0.4 is 10.2 Å². The lowest BCUT2D eigenvalue weighted by atomic mass is 10.2.